The van der Waals surface area contributed by atoms with Gasteiger partial charge in [-0.05, 0) is 37.6 Å². The van der Waals surface area contributed by atoms with Crippen molar-refractivity contribution in [2.45, 2.75) is 19.4 Å². The van der Waals surface area contributed by atoms with Crippen LogP contribution in [0.4, 0.5) is 5.82 Å². The van der Waals surface area contributed by atoms with Crippen LogP contribution in [0.25, 0.3) is 22.2 Å². The van der Waals surface area contributed by atoms with Crippen LogP contribution in [0.2, 0.25) is 0 Å². The Hall–Kier alpha value is -3.21. The molecule has 4 rings (SSSR count). The highest BCUT2D eigenvalue weighted by atomic mass is 16.5. The maximum atomic E-state index is 12.7. The van der Waals surface area contributed by atoms with Crippen LogP contribution >= 0.6 is 0 Å². The van der Waals surface area contributed by atoms with Gasteiger partial charge in [-0.3, -0.25) is 9.69 Å². The second-order valence-corrected chi connectivity index (χ2v) is 8.66. The number of aliphatic hydroxyl groups is 1. The van der Waals surface area contributed by atoms with Crippen molar-refractivity contribution < 1.29 is 19.3 Å². The third-order valence-electron chi connectivity index (χ3n) is 5.91. The number of aryl methyl sites for hydroxylation is 1. The van der Waals surface area contributed by atoms with E-state index in [2.05, 4.69) is 20.2 Å². The van der Waals surface area contributed by atoms with Gasteiger partial charge >= 0.3 is 0 Å². The molecule has 188 valence electrons. The van der Waals surface area contributed by atoms with Gasteiger partial charge in [-0.25, -0.2) is 9.97 Å². The van der Waals surface area contributed by atoms with Gasteiger partial charge in [0, 0.05) is 38.8 Å². The zero-order chi connectivity index (χ0) is 24.8. The average Bonchev–Trinajstić information content (AvgIpc) is 2.87. The molecule has 0 amide bonds. The van der Waals surface area contributed by atoms with Crippen LogP contribution in [0.15, 0.2) is 35.4 Å². The number of methoxy groups -OCH3 is 1. The number of fused-ring (bicyclic) bond motifs is 1. The fourth-order valence-corrected chi connectivity index (χ4v) is 3.98. The molecular formula is C25H33N5O5. The third-order valence-corrected chi connectivity index (χ3v) is 5.91. The summed E-state index contributed by atoms with van der Waals surface area (Å²) in [7, 11) is 3.25. The first-order valence-corrected chi connectivity index (χ1v) is 11.9. The van der Waals surface area contributed by atoms with Gasteiger partial charge in [-0.1, -0.05) is 0 Å². The smallest absolute Gasteiger partial charge is 0.264 e. The van der Waals surface area contributed by atoms with Crippen molar-refractivity contribution in [2.75, 3.05) is 58.4 Å². The van der Waals surface area contributed by atoms with Crippen LogP contribution in [0.5, 0.6) is 11.5 Å². The number of aliphatic hydroxyl groups excluding tert-OH is 1. The summed E-state index contributed by atoms with van der Waals surface area (Å²) in [5.74, 6) is 1.65. The van der Waals surface area contributed by atoms with Crippen LogP contribution in [0.1, 0.15) is 13.3 Å². The molecule has 0 radical (unpaired) electrons. The number of morpholine rings is 1. The molecule has 10 nitrogen and oxygen atoms in total. The molecule has 1 saturated heterocycles. The molecule has 3 aromatic rings. The first-order chi connectivity index (χ1) is 17.0. The van der Waals surface area contributed by atoms with Crippen LogP contribution in [-0.2, 0) is 11.8 Å². The SMILES string of the molecule is COc1cc(-c2cc3ncn(C)c(=O)c3c(NC[C@H](C)O)n2)ccc1OCCCN1CCOCC1. The number of aromatic nitrogens is 3. The number of hydrogen-bond acceptors (Lipinski definition) is 9. The van der Waals surface area contributed by atoms with Gasteiger partial charge in [-0.2, -0.15) is 0 Å². The Morgan fingerprint density at radius 3 is 2.77 bits per heavy atom. The molecule has 1 atom stereocenters. The van der Waals surface area contributed by atoms with E-state index in [0.717, 1.165) is 44.8 Å². The van der Waals surface area contributed by atoms with E-state index in [1.165, 1.54) is 10.9 Å². The first kappa shape index (κ1) is 24.9. The van der Waals surface area contributed by atoms with Crippen molar-refractivity contribution in [3.63, 3.8) is 0 Å². The van der Waals surface area contributed by atoms with E-state index in [-0.39, 0.29) is 12.1 Å². The molecule has 10 heteroatoms. The summed E-state index contributed by atoms with van der Waals surface area (Å²) >= 11 is 0. The number of nitrogens with one attached hydrogen (secondary N) is 1. The van der Waals surface area contributed by atoms with Gasteiger partial charge < -0.3 is 29.2 Å². The van der Waals surface area contributed by atoms with E-state index in [1.54, 1.807) is 27.1 Å². The second-order valence-electron chi connectivity index (χ2n) is 8.66. The number of rotatable bonds is 10. The van der Waals surface area contributed by atoms with Crippen LogP contribution in [0.3, 0.4) is 0 Å². The van der Waals surface area contributed by atoms with Gasteiger partial charge in [-0.15, -0.1) is 0 Å². The van der Waals surface area contributed by atoms with Crippen molar-refractivity contribution in [1.82, 2.24) is 19.4 Å². The predicted molar refractivity (Wildman–Crippen MR) is 134 cm³/mol. The highest BCUT2D eigenvalue weighted by Crippen LogP contribution is 2.33. The standard InChI is InChI=1S/C25H33N5O5/c1-17(31)15-26-24-23-20(27-16-29(2)25(23)32)14-19(28-24)18-5-6-21(22(13-18)33-3)35-10-4-7-30-8-11-34-12-9-30/h5-6,13-14,16-17,31H,4,7-12,15H2,1-3H3,(H,26,28)/t17-/m0/s1. The Balaban J connectivity index is 1.55. The average molecular weight is 484 g/mol. The highest BCUT2D eigenvalue weighted by Gasteiger charge is 2.16. The molecule has 1 aliphatic rings. The molecule has 0 aliphatic carbocycles. The van der Waals surface area contributed by atoms with E-state index in [0.29, 0.717) is 40.5 Å². The third kappa shape index (κ3) is 6.08. The van der Waals surface area contributed by atoms with Crippen molar-refractivity contribution >= 4 is 16.7 Å². The van der Waals surface area contributed by atoms with E-state index >= 15 is 0 Å². The number of pyridine rings is 1. The van der Waals surface area contributed by atoms with Gasteiger partial charge in [0.25, 0.3) is 5.56 Å². The minimum Gasteiger partial charge on any atom is -0.493 e. The van der Waals surface area contributed by atoms with Crippen molar-refractivity contribution in [1.29, 1.82) is 0 Å². The maximum absolute atomic E-state index is 12.7. The number of nitrogens with zero attached hydrogens (tertiary/aromatic N) is 4. The lowest BCUT2D eigenvalue weighted by molar-refractivity contribution is 0.0357. The molecule has 0 spiro atoms. The molecule has 1 aromatic carbocycles. The molecular weight excluding hydrogens is 450 g/mol. The van der Waals surface area contributed by atoms with Crippen LogP contribution in [0, 0.1) is 0 Å². The fraction of sp³-hybridized carbons (Fsp3) is 0.480. The fourth-order valence-electron chi connectivity index (χ4n) is 3.98. The maximum Gasteiger partial charge on any atom is 0.264 e. The van der Waals surface area contributed by atoms with Crippen molar-refractivity contribution in [3.8, 4) is 22.8 Å². The topological polar surface area (TPSA) is 111 Å². The number of benzene rings is 1. The normalized spacial score (nSPS) is 15.2. The Labute approximate surface area is 204 Å². The Kier molecular flexibility index (Phi) is 8.17. The molecule has 3 heterocycles. The quantitative estimate of drug-likeness (QED) is 0.418. The monoisotopic (exact) mass is 483 g/mol. The largest absolute Gasteiger partial charge is 0.493 e. The zero-order valence-corrected chi connectivity index (χ0v) is 20.5. The summed E-state index contributed by atoms with van der Waals surface area (Å²) in [5, 5.41) is 13.2. The minimum absolute atomic E-state index is 0.208. The molecule has 0 saturated carbocycles. The molecule has 0 unspecified atom stereocenters. The lowest BCUT2D eigenvalue weighted by atomic mass is 10.1. The molecule has 2 aromatic heterocycles. The lowest BCUT2D eigenvalue weighted by Crippen LogP contribution is -2.37. The molecule has 0 bridgehead atoms. The second kappa shape index (κ2) is 11.5. The Morgan fingerprint density at radius 1 is 1.23 bits per heavy atom. The van der Waals surface area contributed by atoms with E-state index in [9.17, 15) is 9.90 Å². The van der Waals surface area contributed by atoms with E-state index < -0.39 is 6.10 Å². The van der Waals surface area contributed by atoms with Crippen LogP contribution in [-0.4, -0.2) is 83.8 Å². The lowest BCUT2D eigenvalue weighted by Gasteiger charge is -2.26. The highest BCUT2D eigenvalue weighted by molar-refractivity contribution is 5.91. The van der Waals surface area contributed by atoms with Gasteiger partial charge in [0.2, 0.25) is 0 Å². The zero-order valence-electron chi connectivity index (χ0n) is 20.5. The Bertz CT molecular complexity index is 1210. The summed E-state index contributed by atoms with van der Waals surface area (Å²) < 4.78 is 18.4. The summed E-state index contributed by atoms with van der Waals surface area (Å²) in [6.45, 7) is 6.99. The van der Waals surface area contributed by atoms with Crippen LogP contribution < -0.4 is 20.3 Å². The number of anilines is 1. The predicted octanol–water partition coefficient (Wildman–Crippen LogP) is 1.90. The number of hydrogen-bond donors (Lipinski definition) is 2. The molecule has 1 fully saturated rings. The summed E-state index contributed by atoms with van der Waals surface area (Å²) in [5.41, 5.74) is 1.74. The van der Waals surface area contributed by atoms with Crippen molar-refractivity contribution in [2.24, 2.45) is 7.05 Å². The molecule has 2 N–H and O–H groups in total. The van der Waals surface area contributed by atoms with E-state index in [4.69, 9.17) is 14.2 Å². The summed E-state index contributed by atoms with van der Waals surface area (Å²) in [6, 6.07) is 7.43. The van der Waals surface area contributed by atoms with Gasteiger partial charge in [0.1, 0.15) is 11.2 Å². The van der Waals surface area contributed by atoms with Gasteiger partial charge in [0.15, 0.2) is 11.5 Å². The molecule has 1 aliphatic heterocycles. The summed E-state index contributed by atoms with van der Waals surface area (Å²) in [4.78, 5) is 24.2. The van der Waals surface area contributed by atoms with Gasteiger partial charge in [0.05, 0.1) is 50.6 Å². The Morgan fingerprint density at radius 2 is 2.03 bits per heavy atom. The minimum atomic E-state index is -0.601. The first-order valence-electron chi connectivity index (χ1n) is 11.9. The molecule has 35 heavy (non-hydrogen) atoms. The van der Waals surface area contributed by atoms with Crippen molar-refractivity contribution in [3.05, 3.63) is 40.9 Å². The number of ether oxygens (including phenoxy) is 3. The summed E-state index contributed by atoms with van der Waals surface area (Å²) in [6.07, 6.45) is 1.80. The van der Waals surface area contributed by atoms with E-state index in [1.807, 2.05) is 18.2 Å².